The number of rotatable bonds is 11. The Bertz CT molecular complexity index is 487. The fraction of sp³-hybridized carbons (Fsp3) is 0.455. The Kier molecular flexibility index (Phi) is 8.58. The second-order valence-corrected chi connectivity index (χ2v) is 6.11. The third kappa shape index (κ3) is 5.77. The number of unbranched alkanes of at least 4 members (excludes halogenated alkanes) is 2. The lowest BCUT2D eigenvalue weighted by Gasteiger charge is -2.28. The summed E-state index contributed by atoms with van der Waals surface area (Å²) in [4.78, 5) is 0. The molecule has 0 aliphatic carbocycles. The molecular formula is C22H30O2. The summed E-state index contributed by atoms with van der Waals surface area (Å²) in [5, 5.41) is 0. The summed E-state index contributed by atoms with van der Waals surface area (Å²) in [6.45, 7) is 5.90. The normalized spacial score (nSPS) is 13.6. The molecule has 0 amide bonds. The minimum atomic E-state index is -0.0722. The van der Waals surface area contributed by atoms with Gasteiger partial charge in [-0.1, -0.05) is 87.4 Å². The van der Waals surface area contributed by atoms with E-state index < -0.39 is 0 Å². The summed E-state index contributed by atoms with van der Waals surface area (Å²) in [7, 11) is 0. The average Bonchev–Trinajstić information content (AvgIpc) is 2.65. The fourth-order valence-electron chi connectivity index (χ4n) is 2.71. The SMILES string of the molecule is CCCCOC(c1ccccc1)C(OCCCC)c1ccccc1. The second kappa shape index (κ2) is 11.0. The lowest BCUT2D eigenvalue weighted by atomic mass is 9.97. The third-order valence-electron chi connectivity index (χ3n) is 4.12. The summed E-state index contributed by atoms with van der Waals surface area (Å²) in [6, 6.07) is 20.9. The highest BCUT2D eigenvalue weighted by Gasteiger charge is 2.26. The first-order chi connectivity index (χ1) is 11.9. The molecule has 0 saturated carbocycles. The van der Waals surface area contributed by atoms with E-state index in [0.29, 0.717) is 0 Å². The predicted octanol–water partition coefficient (Wildman–Crippen LogP) is 6.10. The van der Waals surface area contributed by atoms with E-state index in [4.69, 9.17) is 9.47 Å². The van der Waals surface area contributed by atoms with Gasteiger partial charge in [-0.3, -0.25) is 0 Å². The van der Waals surface area contributed by atoms with Crippen molar-refractivity contribution in [1.29, 1.82) is 0 Å². The van der Waals surface area contributed by atoms with Crippen molar-refractivity contribution in [3.05, 3.63) is 71.8 Å². The highest BCUT2D eigenvalue weighted by molar-refractivity contribution is 5.25. The highest BCUT2D eigenvalue weighted by Crippen LogP contribution is 2.35. The molecule has 0 aromatic heterocycles. The summed E-state index contributed by atoms with van der Waals surface area (Å²) >= 11 is 0. The van der Waals surface area contributed by atoms with Gasteiger partial charge in [0.2, 0.25) is 0 Å². The van der Waals surface area contributed by atoms with Gasteiger partial charge in [0.25, 0.3) is 0 Å². The third-order valence-corrected chi connectivity index (χ3v) is 4.12. The van der Waals surface area contributed by atoms with E-state index in [1.807, 2.05) is 12.1 Å². The van der Waals surface area contributed by atoms with Gasteiger partial charge in [-0.05, 0) is 24.0 Å². The van der Waals surface area contributed by atoms with Gasteiger partial charge in [-0.2, -0.15) is 0 Å². The van der Waals surface area contributed by atoms with Crippen LogP contribution in [0, 0.1) is 0 Å². The zero-order chi connectivity index (χ0) is 17.0. The maximum atomic E-state index is 6.29. The first-order valence-electron chi connectivity index (χ1n) is 9.20. The maximum Gasteiger partial charge on any atom is 0.113 e. The minimum absolute atomic E-state index is 0.0722. The van der Waals surface area contributed by atoms with Crippen molar-refractivity contribution in [2.75, 3.05) is 13.2 Å². The Morgan fingerprint density at radius 2 is 1.00 bits per heavy atom. The Balaban J connectivity index is 2.24. The maximum absolute atomic E-state index is 6.29. The molecule has 0 spiro atoms. The molecule has 2 rings (SSSR count). The smallest absolute Gasteiger partial charge is 0.113 e. The summed E-state index contributed by atoms with van der Waals surface area (Å²) in [5.41, 5.74) is 2.36. The quantitative estimate of drug-likeness (QED) is 0.464. The van der Waals surface area contributed by atoms with Gasteiger partial charge < -0.3 is 9.47 Å². The molecule has 24 heavy (non-hydrogen) atoms. The van der Waals surface area contributed by atoms with Crippen molar-refractivity contribution in [3.63, 3.8) is 0 Å². The fourth-order valence-corrected chi connectivity index (χ4v) is 2.71. The van der Waals surface area contributed by atoms with Crippen LogP contribution in [0.3, 0.4) is 0 Å². The van der Waals surface area contributed by atoms with E-state index in [1.54, 1.807) is 0 Å². The van der Waals surface area contributed by atoms with Crippen molar-refractivity contribution in [2.24, 2.45) is 0 Å². The van der Waals surface area contributed by atoms with Crippen LogP contribution in [0.4, 0.5) is 0 Å². The van der Waals surface area contributed by atoms with Crippen LogP contribution < -0.4 is 0 Å². The molecule has 2 heteroatoms. The molecule has 2 nitrogen and oxygen atoms in total. The molecule has 0 N–H and O–H groups in total. The highest BCUT2D eigenvalue weighted by atomic mass is 16.5. The number of hydrogen-bond donors (Lipinski definition) is 0. The topological polar surface area (TPSA) is 18.5 Å². The molecule has 0 aliphatic heterocycles. The monoisotopic (exact) mass is 326 g/mol. The first-order valence-corrected chi connectivity index (χ1v) is 9.20. The number of benzene rings is 2. The van der Waals surface area contributed by atoms with E-state index in [-0.39, 0.29) is 12.2 Å². The molecule has 130 valence electrons. The van der Waals surface area contributed by atoms with Crippen LogP contribution >= 0.6 is 0 Å². The van der Waals surface area contributed by atoms with Crippen molar-refractivity contribution in [2.45, 2.75) is 51.7 Å². The van der Waals surface area contributed by atoms with E-state index in [1.165, 1.54) is 11.1 Å². The molecule has 0 fully saturated rings. The average molecular weight is 326 g/mol. The Morgan fingerprint density at radius 3 is 1.33 bits per heavy atom. The van der Waals surface area contributed by atoms with Crippen LogP contribution in [0.25, 0.3) is 0 Å². The van der Waals surface area contributed by atoms with Crippen molar-refractivity contribution < 1.29 is 9.47 Å². The molecule has 2 atom stereocenters. The largest absolute Gasteiger partial charge is 0.370 e. The lowest BCUT2D eigenvalue weighted by Crippen LogP contribution is -2.19. The van der Waals surface area contributed by atoms with Crippen molar-refractivity contribution in [3.8, 4) is 0 Å². The van der Waals surface area contributed by atoms with Crippen LogP contribution in [0.15, 0.2) is 60.7 Å². The Morgan fingerprint density at radius 1 is 0.625 bits per heavy atom. The molecule has 0 bridgehead atoms. The molecule has 0 radical (unpaired) electrons. The van der Waals surface area contributed by atoms with Crippen LogP contribution in [0.2, 0.25) is 0 Å². The molecule has 0 heterocycles. The molecule has 0 aliphatic rings. The van der Waals surface area contributed by atoms with Gasteiger partial charge in [0, 0.05) is 13.2 Å². The second-order valence-electron chi connectivity index (χ2n) is 6.11. The van der Waals surface area contributed by atoms with E-state index >= 15 is 0 Å². The van der Waals surface area contributed by atoms with Gasteiger partial charge in [0.15, 0.2) is 0 Å². The lowest BCUT2D eigenvalue weighted by molar-refractivity contribution is -0.0794. The first kappa shape index (κ1) is 18.7. The molecule has 2 aromatic rings. The summed E-state index contributed by atoms with van der Waals surface area (Å²) in [5.74, 6) is 0. The molecular weight excluding hydrogens is 296 g/mol. The van der Waals surface area contributed by atoms with Gasteiger partial charge in [-0.15, -0.1) is 0 Å². The van der Waals surface area contributed by atoms with E-state index in [2.05, 4.69) is 62.4 Å². The van der Waals surface area contributed by atoms with E-state index in [9.17, 15) is 0 Å². The van der Waals surface area contributed by atoms with Crippen molar-refractivity contribution >= 4 is 0 Å². The van der Waals surface area contributed by atoms with Gasteiger partial charge in [0.05, 0.1) is 0 Å². The Hall–Kier alpha value is -1.64. The zero-order valence-electron chi connectivity index (χ0n) is 15.0. The van der Waals surface area contributed by atoms with Crippen LogP contribution in [-0.4, -0.2) is 13.2 Å². The predicted molar refractivity (Wildman–Crippen MR) is 100 cm³/mol. The van der Waals surface area contributed by atoms with Crippen LogP contribution in [-0.2, 0) is 9.47 Å². The molecule has 2 aromatic carbocycles. The van der Waals surface area contributed by atoms with Crippen LogP contribution in [0.5, 0.6) is 0 Å². The zero-order valence-corrected chi connectivity index (χ0v) is 15.0. The summed E-state index contributed by atoms with van der Waals surface area (Å²) < 4.78 is 12.6. The standard InChI is InChI=1S/C22H30O2/c1-3-5-17-23-21(19-13-9-7-10-14-19)22(24-18-6-4-2)20-15-11-8-12-16-20/h7-16,21-22H,3-6,17-18H2,1-2H3. The number of hydrogen-bond acceptors (Lipinski definition) is 2. The molecule has 2 unspecified atom stereocenters. The van der Waals surface area contributed by atoms with E-state index in [0.717, 1.165) is 38.9 Å². The minimum Gasteiger partial charge on any atom is -0.370 e. The van der Waals surface area contributed by atoms with Crippen LogP contribution in [0.1, 0.15) is 62.9 Å². The Labute approximate surface area is 146 Å². The molecule has 0 saturated heterocycles. The van der Waals surface area contributed by atoms with Crippen molar-refractivity contribution in [1.82, 2.24) is 0 Å². The summed E-state index contributed by atoms with van der Waals surface area (Å²) in [6.07, 6.45) is 4.26. The number of ether oxygens (including phenoxy) is 2. The van der Waals surface area contributed by atoms with Gasteiger partial charge in [0.1, 0.15) is 12.2 Å². The van der Waals surface area contributed by atoms with Gasteiger partial charge in [-0.25, -0.2) is 0 Å². The van der Waals surface area contributed by atoms with Gasteiger partial charge >= 0.3 is 0 Å².